The number of aromatic carboxylic acids is 1. The predicted octanol–water partition coefficient (Wildman–Crippen LogP) is 3.96. The molecule has 0 aliphatic carbocycles. The molecule has 0 atom stereocenters. The minimum atomic E-state index is -1.12. The zero-order valence-electron chi connectivity index (χ0n) is 15.3. The Morgan fingerprint density at radius 1 is 1.20 bits per heavy atom. The van der Waals surface area contributed by atoms with Crippen molar-refractivity contribution in [3.63, 3.8) is 0 Å². The van der Waals surface area contributed by atoms with E-state index >= 15 is 0 Å². The highest BCUT2D eigenvalue weighted by Crippen LogP contribution is 2.30. The molecule has 10 nitrogen and oxygen atoms in total. The van der Waals surface area contributed by atoms with E-state index in [1.165, 1.54) is 35.3 Å². The minimum Gasteiger partial charge on any atom is -0.478 e. The smallest absolute Gasteiger partial charge is 0.338 e. The molecule has 30 heavy (non-hydrogen) atoms. The van der Waals surface area contributed by atoms with Crippen LogP contribution in [-0.4, -0.2) is 31.7 Å². The van der Waals surface area contributed by atoms with Crippen molar-refractivity contribution in [2.24, 2.45) is 0 Å². The molecule has 11 heteroatoms. The average molecular weight is 431 g/mol. The van der Waals surface area contributed by atoms with Gasteiger partial charge in [-0.15, -0.1) is 0 Å². The van der Waals surface area contributed by atoms with E-state index in [0.717, 1.165) is 0 Å². The Balaban J connectivity index is 1.69. The minimum absolute atomic E-state index is 0.0121. The van der Waals surface area contributed by atoms with Gasteiger partial charge in [0.25, 0.3) is 5.69 Å². The van der Waals surface area contributed by atoms with Crippen LogP contribution in [0.15, 0.2) is 54.9 Å². The number of hydrogen-bond acceptors (Lipinski definition) is 6. The van der Waals surface area contributed by atoms with E-state index in [-0.39, 0.29) is 35.7 Å². The number of rotatable bonds is 8. The molecule has 154 valence electrons. The van der Waals surface area contributed by atoms with Crippen LogP contribution in [0.25, 0.3) is 0 Å². The van der Waals surface area contributed by atoms with Crippen molar-refractivity contribution in [1.82, 2.24) is 9.78 Å². The molecular formula is C19H15ClN4O6. The number of halogens is 1. The van der Waals surface area contributed by atoms with E-state index < -0.39 is 16.8 Å². The lowest BCUT2D eigenvalue weighted by Crippen LogP contribution is -2.15. The molecule has 1 aromatic heterocycles. The number of aryl methyl sites for hydroxylation is 1. The van der Waals surface area contributed by atoms with Crippen LogP contribution in [0.5, 0.6) is 11.5 Å². The molecule has 0 spiro atoms. The third-order valence-electron chi connectivity index (χ3n) is 3.88. The zero-order chi connectivity index (χ0) is 21.7. The number of carboxylic acid groups (broad SMARTS) is 1. The van der Waals surface area contributed by atoms with Crippen LogP contribution in [0.4, 0.5) is 11.4 Å². The van der Waals surface area contributed by atoms with Crippen LogP contribution in [0.3, 0.4) is 0 Å². The zero-order valence-corrected chi connectivity index (χ0v) is 16.1. The number of carbonyl (C=O) groups is 2. The van der Waals surface area contributed by atoms with Crippen LogP contribution in [0, 0.1) is 10.1 Å². The van der Waals surface area contributed by atoms with Gasteiger partial charge in [0.15, 0.2) is 0 Å². The first-order chi connectivity index (χ1) is 14.3. The van der Waals surface area contributed by atoms with E-state index in [4.69, 9.17) is 21.4 Å². The summed E-state index contributed by atoms with van der Waals surface area (Å²) in [4.78, 5) is 33.7. The number of carbonyl (C=O) groups excluding carboxylic acids is 1. The summed E-state index contributed by atoms with van der Waals surface area (Å²) in [5.41, 5.74) is -0.0575. The van der Waals surface area contributed by atoms with E-state index in [0.29, 0.717) is 10.8 Å². The Bertz CT molecular complexity index is 1100. The number of anilines is 1. The predicted molar refractivity (Wildman–Crippen MR) is 107 cm³/mol. The molecule has 0 saturated heterocycles. The lowest BCUT2D eigenvalue weighted by molar-refractivity contribution is -0.384. The van der Waals surface area contributed by atoms with Crippen molar-refractivity contribution in [2.45, 2.75) is 13.0 Å². The summed E-state index contributed by atoms with van der Waals surface area (Å²) in [5.74, 6) is -0.957. The lowest BCUT2D eigenvalue weighted by Gasteiger charge is -2.10. The molecule has 2 N–H and O–H groups in total. The number of aromatic nitrogens is 2. The van der Waals surface area contributed by atoms with E-state index in [2.05, 4.69) is 10.4 Å². The van der Waals surface area contributed by atoms with Gasteiger partial charge in [-0.25, -0.2) is 4.79 Å². The maximum atomic E-state index is 12.2. The van der Waals surface area contributed by atoms with Crippen LogP contribution in [0.2, 0.25) is 5.02 Å². The van der Waals surface area contributed by atoms with Crippen molar-refractivity contribution in [1.29, 1.82) is 0 Å². The molecule has 1 heterocycles. The SMILES string of the molecule is O=C(CCn1cc(C(=O)O)cn1)Nc1cc(Oc2ccc(Cl)cc2)cc([N+](=O)[O-])c1. The second-order valence-corrected chi connectivity index (χ2v) is 6.56. The molecule has 3 aromatic rings. The molecule has 0 aliphatic rings. The van der Waals surface area contributed by atoms with Crippen LogP contribution in [-0.2, 0) is 11.3 Å². The van der Waals surface area contributed by atoms with Crippen LogP contribution >= 0.6 is 11.6 Å². The van der Waals surface area contributed by atoms with Crippen LogP contribution < -0.4 is 10.1 Å². The Kier molecular flexibility index (Phi) is 6.28. The fourth-order valence-corrected chi connectivity index (χ4v) is 2.62. The Morgan fingerprint density at radius 3 is 2.57 bits per heavy atom. The summed E-state index contributed by atoms with van der Waals surface area (Å²) >= 11 is 5.83. The van der Waals surface area contributed by atoms with Crippen molar-refractivity contribution in [3.05, 3.63) is 75.6 Å². The second-order valence-electron chi connectivity index (χ2n) is 6.12. The van der Waals surface area contributed by atoms with Gasteiger partial charge in [-0.05, 0) is 24.3 Å². The first-order valence-electron chi connectivity index (χ1n) is 8.58. The molecule has 0 fully saturated rings. The topological polar surface area (TPSA) is 137 Å². The first-order valence-corrected chi connectivity index (χ1v) is 8.96. The number of nitro benzene ring substituents is 1. The molecule has 0 unspecified atom stereocenters. The maximum Gasteiger partial charge on any atom is 0.338 e. The highest BCUT2D eigenvalue weighted by molar-refractivity contribution is 6.30. The van der Waals surface area contributed by atoms with Crippen LogP contribution in [0.1, 0.15) is 16.8 Å². The van der Waals surface area contributed by atoms with Gasteiger partial charge in [-0.3, -0.25) is 19.6 Å². The quantitative estimate of drug-likeness (QED) is 0.407. The Labute approximate surface area is 174 Å². The summed E-state index contributed by atoms with van der Waals surface area (Å²) in [6.07, 6.45) is 2.47. The number of amides is 1. The van der Waals surface area contributed by atoms with Crippen molar-refractivity contribution >= 4 is 34.9 Å². The summed E-state index contributed by atoms with van der Waals surface area (Å²) in [5, 5.41) is 27.0. The number of hydrogen-bond donors (Lipinski definition) is 2. The lowest BCUT2D eigenvalue weighted by atomic mass is 10.2. The van der Waals surface area contributed by atoms with E-state index in [1.54, 1.807) is 24.3 Å². The van der Waals surface area contributed by atoms with Gasteiger partial charge >= 0.3 is 5.97 Å². The van der Waals surface area contributed by atoms with Gasteiger partial charge < -0.3 is 15.2 Å². The number of nitro groups is 1. The number of nitrogens with one attached hydrogen (secondary N) is 1. The van der Waals surface area contributed by atoms with Gasteiger partial charge in [-0.2, -0.15) is 5.10 Å². The highest BCUT2D eigenvalue weighted by Gasteiger charge is 2.14. The molecule has 0 bridgehead atoms. The van der Waals surface area contributed by atoms with Crippen molar-refractivity contribution < 1.29 is 24.4 Å². The van der Waals surface area contributed by atoms with Gasteiger partial charge in [0, 0.05) is 36.3 Å². The molecule has 2 aromatic carbocycles. The second kappa shape index (κ2) is 9.05. The molecule has 0 saturated carbocycles. The maximum absolute atomic E-state index is 12.2. The fourth-order valence-electron chi connectivity index (χ4n) is 2.49. The summed E-state index contributed by atoms with van der Waals surface area (Å²) in [7, 11) is 0. The summed E-state index contributed by atoms with van der Waals surface area (Å²) in [6.45, 7) is 0.141. The van der Waals surface area contributed by atoms with Gasteiger partial charge in [0.1, 0.15) is 11.5 Å². The summed E-state index contributed by atoms with van der Waals surface area (Å²) in [6, 6.07) is 10.3. The Morgan fingerprint density at radius 2 is 1.93 bits per heavy atom. The molecular weight excluding hydrogens is 416 g/mol. The third-order valence-corrected chi connectivity index (χ3v) is 4.14. The standard InChI is InChI=1S/C19H15ClN4O6/c20-13-1-3-16(4-2-13)30-17-8-14(7-15(9-17)24(28)29)22-18(25)5-6-23-11-12(10-21-23)19(26)27/h1-4,7-11H,5-6H2,(H,22,25)(H,26,27). The number of carboxylic acids is 1. The van der Waals surface area contributed by atoms with Gasteiger partial charge in [0.2, 0.25) is 5.91 Å². The van der Waals surface area contributed by atoms with E-state index in [9.17, 15) is 19.7 Å². The van der Waals surface area contributed by atoms with Gasteiger partial charge in [-0.1, -0.05) is 11.6 Å². The first kappa shape index (κ1) is 20.8. The third kappa shape index (κ3) is 5.55. The largest absolute Gasteiger partial charge is 0.478 e. The normalized spacial score (nSPS) is 10.4. The average Bonchev–Trinajstić information content (AvgIpc) is 3.17. The van der Waals surface area contributed by atoms with E-state index in [1.807, 2.05) is 0 Å². The monoisotopic (exact) mass is 430 g/mol. The summed E-state index contributed by atoms with van der Waals surface area (Å²) < 4.78 is 6.94. The molecule has 0 aliphatic heterocycles. The fraction of sp³-hybridized carbons (Fsp3) is 0.105. The molecule has 1 amide bonds. The number of non-ortho nitro benzene ring substituents is 1. The van der Waals surface area contributed by atoms with Crippen molar-refractivity contribution in [2.75, 3.05) is 5.32 Å². The number of nitrogens with zero attached hydrogens (tertiary/aromatic N) is 3. The van der Waals surface area contributed by atoms with Crippen molar-refractivity contribution in [3.8, 4) is 11.5 Å². The molecule has 3 rings (SSSR count). The van der Waals surface area contributed by atoms with Gasteiger partial charge in [0.05, 0.1) is 28.4 Å². The highest BCUT2D eigenvalue weighted by atomic mass is 35.5. The molecule has 0 radical (unpaired) electrons. The Hall–Kier alpha value is -3.92. The number of ether oxygens (including phenoxy) is 1. The number of benzene rings is 2.